The largest absolute Gasteiger partial charge is 0.495 e. The summed E-state index contributed by atoms with van der Waals surface area (Å²) in [5.41, 5.74) is 1.03. The molecule has 1 saturated heterocycles. The van der Waals surface area contributed by atoms with Crippen molar-refractivity contribution in [2.75, 3.05) is 32.2 Å². The van der Waals surface area contributed by atoms with Crippen LogP contribution in [0.5, 0.6) is 5.75 Å². The van der Waals surface area contributed by atoms with E-state index >= 15 is 0 Å². The maximum absolute atomic E-state index is 5.47. The summed E-state index contributed by atoms with van der Waals surface area (Å²) in [7, 11) is 1.69. The van der Waals surface area contributed by atoms with Gasteiger partial charge < -0.3 is 14.8 Å². The number of hydrogen-bond donors (Lipinski definition) is 1. The van der Waals surface area contributed by atoms with E-state index in [1.54, 1.807) is 7.11 Å². The second kappa shape index (κ2) is 6.26. The van der Waals surface area contributed by atoms with Gasteiger partial charge in [0.2, 0.25) is 0 Å². The Morgan fingerprint density at radius 3 is 3.12 bits per heavy atom. The molecule has 0 bridgehead atoms. The smallest absolute Gasteiger partial charge is 0.142 e. The molecule has 94 valence electrons. The fraction of sp³-hybridized carbons (Fsp3) is 0.538. The number of rotatable bonds is 4. The van der Waals surface area contributed by atoms with Crippen molar-refractivity contribution in [3.63, 3.8) is 0 Å². The van der Waals surface area contributed by atoms with Crippen LogP contribution in [0.25, 0.3) is 0 Å². The highest BCUT2D eigenvalue weighted by Crippen LogP contribution is 2.28. The number of hydrogen-bond acceptors (Lipinski definition) is 3. The number of nitrogens with one attached hydrogen (secondary N) is 1. The van der Waals surface area contributed by atoms with Gasteiger partial charge in [-0.2, -0.15) is 0 Å². The summed E-state index contributed by atoms with van der Waals surface area (Å²) in [5.74, 6) is 1.48. The molecule has 1 atom stereocenters. The zero-order valence-electron chi connectivity index (χ0n) is 10.0. The molecule has 1 unspecified atom stereocenters. The number of halogens is 1. The summed E-state index contributed by atoms with van der Waals surface area (Å²) in [4.78, 5) is 0. The monoisotopic (exact) mass is 299 g/mol. The molecule has 4 heteroatoms. The van der Waals surface area contributed by atoms with Crippen LogP contribution in [0.1, 0.15) is 12.8 Å². The summed E-state index contributed by atoms with van der Waals surface area (Å²) in [6.07, 6.45) is 2.41. The Labute approximate surface area is 111 Å². The first-order valence-corrected chi connectivity index (χ1v) is 6.74. The Hall–Kier alpha value is -0.740. The van der Waals surface area contributed by atoms with Crippen LogP contribution in [0.4, 0.5) is 5.69 Å². The van der Waals surface area contributed by atoms with Crippen LogP contribution in [-0.4, -0.2) is 26.9 Å². The van der Waals surface area contributed by atoms with Gasteiger partial charge in [0, 0.05) is 17.6 Å². The van der Waals surface area contributed by atoms with Gasteiger partial charge >= 0.3 is 0 Å². The van der Waals surface area contributed by atoms with E-state index in [1.807, 2.05) is 18.2 Å². The molecule has 0 saturated carbocycles. The zero-order valence-corrected chi connectivity index (χ0v) is 11.6. The molecule has 1 fully saturated rings. The molecule has 1 heterocycles. The Bertz CT molecular complexity index is 364. The van der Waals surface area contributed by atoms with Gasteiger partial charge in [-0.15, -0.1) is 0 Å². The average molecular weight is 300 g/mol. The van der Waals surface area contributed by atoms with Crippen molar-refractivity contribution in [3.05, 3.63) is 22.7 Å². The molecule has 0 aliphatic carbocycles. The van der Waals surface area contributed by atoms with Gasteiger partial charge in [0.15, 0.2) is 0 Å². The van der Waals surface area contributed by atoms with Crippen molar-refractivity contribution < 1.29 is 9.47 Å². The lowest BCUT2D eigenvalue weighted by atomic mass is 10.0. The minimum Gasteiger partial charge on any atom is -0.495 e. The standard InChI is InChI=1S/C13H18BrNO2/c1-16-13-5-4-11(14)7-12(13)15-8-10-3-2-6-17-9-10/h4-5,7,10,15H,2-3,6,8-9H2,1H3. The molecule has 0 aromatic heterocycles. The lowest BCUT2D eigenvalue weighted by Crippen LogP contribution is -2.24. The molecule has 0 amide bonds. The van der Waals surface area contributed by atoms with Crippen LogP contribution in [0.2, 0.25) is 0 Å². The first-order chi connectivity index (χ1) is 8.29. The van der Waals surface area contributed by atoms with Crippen LogP contribution in [-0.2, 0) is 4.74 Å². The second-order valence-electron chi connectivity index (χ2n) is 4.31. The molecule has 1 aromatic rings. The minimum absolute atomic E-state index is 0.604. The van der Waals surface area contributed by atoms with Gasteiger partial charge in [-0.1, -0.05) is 15.9 Å². The molecule has 1 aromatic carbocycles. The number of ether oxygens (including phenoxy) is 2. The average Bonchev–Trinajstić information content (AvgIpc) is 2.38. The Balaban J connectivity index is 1.95. The molecule has 1 aliphatic rings. The summed E-state index contributed by atoms with van der Waals surface area (Å²) < 4.78 is 11.9. The van der Waals surface area contributed by atoms with Crippen LogP contribution >= 0.6 is 15.9 Å². The third-order valence-corrected chi connectivity index (χ3v) is 3.49. The third-order valence-electron chi connectivity index (χ3n) is 3.00. The van der Waals surface area contributed by atoms with Crippen molar-refractivity contribution in [2.24, 2.45) is 5.92 Å². The highest BCUT2D eigenvalue weighted by Gasteiger charge is 2.14. The van der Waals surface area contributed by atoms with E-state index in [0.29, 0.717) is 5.92 Å². The predicted molar refractivity (Wildman–Crippen MR) is 72.7 cm³/mol. The molecule has 2 rings (SSSR count). The quantitative estimate of drug-likeness (QED) is 0.925. The summed E-state index contributed by atoms with van der Waals surface area (Å²) in [6, 6.07) is 5.99. The Morgan fingerprint density at radius 1 is 1.53 bits per heavy atom. The van der Waals surface area contributed by atoms with Gasteiger partial charge in [-0.05, 0) is 37.0 Å². The summed E-state index contributed by atoms with van der Waals surface area (Å²) >= 11 is 3.47. The van der Waals surface area contributed by atoms with Gasteiger partial charge in [-0.3, -0.25) is 0 Å². The fourth-order valence-corrected chi connectivity index (χ4v) is 2.40. The normalized spacial score (nSPS) is 20.0. The molecular weight excluding hydrogens is 282 g/mol. The molecule has 1 aliphatic heterocycles. The van der Waals surface area contributed by atoms with Gasteiger partial charge in [0.05, 0.1) is 19.4 Å². The van der Waals surface area contributed by atoms with Crippen LogP contribution in [0.3, 0.4) is 0 Å². The molecular formula is C13H18BrNO2. The lowest BCUT2D eigenvalue weighted by molar-refractivity contribution is 0.0595. The van der Waals surface area contributed by atoms with Gasteiger partial charge in [-0.25, -0.2) is 0 Å². The van der Waals surface area contributed by atoms with Crippen molar-refractivity contribution in [1.82, 2.24) is 0 Å². The first-order valence-electron chi connectivity index (χ1n) is 5.95. The maximum Gasteiger partial charge on any atom is 0.142 e. The molecule has 1 N–H and O–H groups in total. The highest BCUT2D eigenvalue weighted by molar-refractivity contribution is 9.10. The number of benzene rings is 1. The third kappa shape index (κ3) is 3.61. The van der Waals surface area contributed by atoms with Crippen molar-refractivity contribution in [3.8, 4) is 5.75 Å². The van der Waals surface area contributed by atoms with E-state index in [9.17, 15) is 0 Å². The Kier molecular flexibility index (Phi) is 4.68. The summed E-state index contributed by atoms with van der Waals surface area (Å²) in [6.45, 7) is 2.72. The predicted octanol–water partition coefficient (Wildman–Crippen LogP) is 3.30. The number of methoxy groups -OCH3 is 1. The van der Waals surface area contributed by atoms with E-state index in [2.05, 4.69) is 21.2 Å². The SMILES string of the molecule is COc1ccc(Br)cc1NCC1CCCOC1. The van der Waals surface area contributed by atoms with E-state index in [4.69, 9.17) is 9.47 Å². The molecule has 3 nitrogen and oxygen atoms in total. The highest BCUT2D eigenvalue weighted by atomic mass is 79.9. The van der Waals surface area contributed by atoms with E-state index in [0.717, 1.165) is 35.7 Å². The van der Waals surface area contributed by atoms with Crippen molar-refractivity contribution >= 4 is 21.6 Å². The second-order valence-corrected chi connectivity index (χ2v) is 5.22. The summed E-state index contributed by atoms with van der Waals surface area (Å²) in [5, 5.41) is 3.44. The van der Waals surface area contributed by atoms with E-state index in [-0.39, 0.29) is 0 Å². The minimum atomic E-state index is 0.604. The van der Waals surface area contributed by atoms with E-state index in [1.165, 1.54) is 12.8 Å². The number of anilines is 1. The zero-order chi connectivity index (χ0) is 12.1. The maximum atomic E-state index is 5.47. The van der Waals surface area contributed by atoms with Crippen LogP contribution in [0.15, 0.2) is 22.7 Å². The molecule has 0 radical (unpaired) electrons. The first kappa shape index (κ1) is 12.7. The topological polar surface area (TPSA) is 30.5 Å². The van der Waals surface area contributed by atoms with Crippen molar-refractivity contribution in [2.45, 2.75) is 12.8 Å². The molecule has 0 spiro atoms. The van der Waals surface area contributed by atoms with E-state index < -0.39 is 0 Å². The fourth-order valence-electron chi connectivity index (χ4n) is 2.04. The van der Waals surface area contributed by atoms with Crippen LogP contribution < -0.4 is 10.1 Å². The van der Waals surface area contributed by atoms with Crippen molar-refractivity contribution in [1.29, 1.82) is 0 Å². The lowest BCUT2D eigenvalue weighted by Gasteiger charge is -2.23. The van der Waals surface area contributed by atoms with Gasteiger partial charge in [0.25, 0.3) is 0 Å². The van der Waals surface area contributed by atoms with Crippen LogP contribution in [0, 0.1) is 5.92 Å². The Morgan fingerprint density at radius 2 is 2.41 bits per heavy atom. The molecule has 17 heavy (non-hydrogen) atoms. The van der Waals surface area contributed by atoms with Gasteiger partial charge in [0.1, 0.15) is 5.75 Å².